The molecule has 1 aromatic carbocycles. The van der Waals surface area contributed by atoms with Gasteiger partial charge >= 0.3 is 6.18 Å². The zero-order chi connectivity index (χ0) is 16.9. The number of hydrogen-bond donors (Lipinski definition) is 2. The lowest BCUT2D eigenvalue weighted by molar-refractivity contribution is -0.176. The van der Waals surface area contributed by atoms with Crippen LogP contribution < -0.4 is 11.1 Å². The van der Waals surface area contributed by atoms with E-state index in [2.05, 4.69) is 10.1 Å². The Morgan fingerprint density at radius 2 is 1.87 bits per heavy atom. The number of nitrogens with one attached hydrogen (secondary N) is 1. The van der Waals surface area contributed by atoms with Gasteiger partial charge in [-0.25, -0.2) is 0 Å². The van der Waals surface area contributed by atoms with Crippen LogP contribution in [0.1, 0.15) is 30.4 Å². The van der Waals surface area contributed by atoms with Crippen LogP contribution in [-0.4, -0.2) is 24.7 Å². The highest BCUT2D eigenvalue weighted by atomic mass is 19.4. The molecule has 0 radical (unpaired) electrons. The van der Waals surface area contributed by atoms with Crippen molar-refractivity contribution in [2.75, 3.05) is 6.61 Å². The van der Waals surface area contributed by atoms with Gasteiger partial charge in [0.05, 0.1) is 6.61 Å². The van der Waals surface area contributed by atoms with E-state index in [-0.39, 0.29) is 24.5 Å². The number of carbonyl (C=O) groups excluding carboxylic acids is 1. The van der Waals surface area contributed by atoms with E-state index in [0.717, 1.165) is 24.8 Å². The van der Waals surface area contributed by atoms with Crippen LogP contribution >= 0.6 is 0 Å². The van der Waals surface area contributed by atoms with Crippen molar-refractivity contribution < 1.29 is 22.7 Å². The first-order valence-electron chi connectivity index (χ1n) is 7.59. The first-order valence-corrected chi connectivity index (χ1v) is 7.59. The number of ether oxygens (including phenoxy) is 1. The van der Waals surface area contributed by atoms with Gasteiger partial charge in [0.1, 0.15) is 6.61 Å². The lowest BCUT2D eigenvalue weighted by Gasteiger charge is -2.11. The van der Waals surface area contributed by atoms with Crippen molar-refractivity contribution in [2.24, 2.45) is 11.7 Å². The second-order valence-electron chi connectivity index (χ2n) is 5.91. The highest BCUT2D eigenvalue weighted by Gasteiger charge is 2.28. The lowest BCUT2D eigenvalue weighted by Crippen LogP contribution is -2.29. The molecule has 0 saturated heterocycles. The summed E-state index contributed by atoms with van der Waals surface area (Å²) < 4.78 is 40.5. The number of benzene rings is 1. The van der Waals surface area contributed by atoms with E-state index < -0.39 is 12.8 Å². The third-order valence-electron chi connectivity index (χ3n) is 3.87. The van der Waals surface area contributed by atoms with E-state index in [9.17, 15) is 18.0 Å². The fourth-order valence-electron chi connectivity index (χ4n) is 2.63. The van der Waals surface area contributed by atoms with E-state index in [4.69, 9.17) is 5.73 Å². The highest BCUT2D eigenvalue weighted by Crippen LogP contribution is 2.24. The Balaban J connectivity index is 1.73. The molecule has 1 aromatic rings. The van der Waals surface area contributed by atoms with Gasteiger partial charge < -0.3 is 15.8 Å². The molecule has 0 aromatic heterocycles. The van der Waals surface area contributed by atoms with E-state index in [1.807, 2.05) is 0 Å². The summed E-state index contributed by atoms with van der Waals surface area (Å²) in [5.74, 6) is -0.00409. The van der Waals surface area contributed by atoms with Crippen LogP contribution in [0, 0.1) is 5.92 Å². The Bertz CT molecular complexity index is 517. The molecule has 0 heterocycles. The Kier molecular flexibility index (Phi) is 6.01. The molecule has 1 fully saturated rings. The van der Waals surface area contributed by atoms with Gasteiger partial charge in [0.15, 0.2) is 0 Å². The molecule has 23 heavy (non-hydrogen) atoms. The molecule has 1 aliphatic rings. The van der Waals surface area contributed by atoms with E-state index in [1.165, 1.54) is 0 Å². The molecule has 7 heteroatoms. The summed E-state index contributed by atoms with van der Waals surface area (Å²) in [7, 11) is 0. The molecule has 2 rings (SSSR count). The number of hydrogen-bond acceptors (Lipinski definition) is 3. The maximum Gasteiger partial charge on any atom is 0.411 e. The first-order chi connectivity index (χ1) is 10.8. The average Bonchev–Trinajstić information content (AvgIpc) is 2.91. The van der Waals surface area contributed by atoms with Gasteiger partial charge in [-0.3, -0.25) is 4.79 Å². The van der Waals surface area contributed by atoms with Crippen molar-refractivity contribution in [1.82, 2.24) is 5.32 Å². The molecule has 0 bridgehead atoms. The molecule has 1 amide bonds. The minimum atomic E-state index is -4.31. The van der Waals surface area contributed by atoms with Crippen LogP contribution in [0.2, 0.25) is 0 Å². The fraction of sp³-hybridized carbons (Fsp3) is 0.562. The zero-order valence-corrected chi connectivity index (χ0v) is 12.7. The standard InChI is InChI=1S/C16H21F3N2O2/c17-16(18,19)10-23-9-12-3-1-11(2-4-12)8-21-15(22)13-5-6-14(20)7-13/h1-4,13-14H,5-10,20H2,(H,21,22). The molecule has 0 spiro atoms. The Morgan fingerprint density at radius 1 is 1.22 bits per heavy atom. The van der Waals surface area contributed by atoms with Crippen LogP contribution in [0.3, 0.4) is 0 Å². The summed E-state index contributed by atoms with van der Waals surface area (Å²) in [6.45, 7) is -0.950. The number of rotatable bonds is 6. The van der Waals surface area contributed by atoms with Crippen molar-refractivity contribution in [3.05, 3.63) is 35.4 Å². The van der Waals surface area contributed by atoms with E-state index in [0.29, 0.717) is 12.1 Å². The maximum atomic E-state index is 12.0. The highest BCUT2D eigenvalue weighted by molar-refractivity contribution is 5.79. The van der Waals surface area contributed by atoms with Gasteiger partial charge in [-0.1, -0.05) is 24.3 Å². The normalized spacial score (nSPS) is 21.4. The molecule has 4 nitrogen and oxygen atoms in total. The van der Waals surface area contributed by atoms with Crippen LogP contribution in [0.4, 0.5) is 13.2 Å². The number of halogens is 3. The van der Waals surface area contributed by atoms with Crippen molar-refractivity contribution >= 4 is 5.91 Å². The van der Waals surface area contributed by atoms with Gasteiger partial charge in [0.2, 0.25) is 5.91 Å². The van der Waals surface area contributed by atoms with Gasteiger partial charge in [-0.05, 0) is 30.4 Å². The largest absolute Gasteiger partial charge is 0.411 e. The third kappa shape index (κ3) is 6.19. The number of carbonyl (C=O) groups is 1. The van der Waals surface area contributed by atoms with Gasteiger partial charge in [-0.2, -0.15) is 13.2 Å². The summed E-state index contributed by atoms with van der Waals surface area (Å²) in [6, 6.07) is 7.05. The van der Waals surface area contributed by atoms with Crippen molar-refractivity contribution in [3.63, 3.8) is 0 Å². The monoisotopic (exact) mass is 330 g/mol. The summed E-state index contributed by atoms with van der Waals surface area (Å²) in [5.41, 5.74) is 7.34. The molecule has 2 atom stereocenters. The van der Waals surface area contributed by atoms with Crippen LogP contribution in [0.25, 0.3) is 0 Å². The summed E-state index contributed by atoms with van der Waals surface area (Å²) in [4.78, 5) is 12.0. The summed E-state index contributed by atoms with van der Waals surface area (Å²) in [5, 5.41) is 2.87. The van der Waals surface area contributed by atoms with Crippen molar-refractivity contribution in [1.29, 1.82) is 0 Å². The van der Waals surface area contributed by atoms with Gasteiger partial charge in [0.25, 0.3) is 0 Å². The predicted molar refractivity (Wildman–Crippen MR) is 79.3 cm³/mol. The zero-order valence-electron chi connectivity index (χ0n) is 12.7. The van der Waals surface area contributed by atoms with Crippen LogP contribution in [0.5, 0.6) is 0 Å². The number of nitrogens with two attached hydrogens (primary N) is 1. The average molecular weight is 330 g/mol. The lowest BCUT2D eigenvalue weighted by atomic mass is 10.1. The number of amides is 1. The minimum absolute atomic E-state index is 0.00976. The van der Waals surface area contributed by atoms with Gasteiger partial charge in [0, 0.05) is 18.5 Å². The third-order valence-corrected chi connectivity index (χ3v) is 3.87. The smallest absolute Gasteiger partial charge is 0.367 e. The maximum absolute atomic E-state index is 12.0. The molecule has 1 saturated carbocycles. The topological polar surface area (TPSA) is 64.4 Å². The second kappa shape index (κ2) is 7.79. The number of alkyl halides is 3. The van der Waals surface area contributed by atoms with Crippen LogP contribution in [0.15, 0.2) is 24.3 Å². The molecule has 1 aliphatic carbocycles. The Labute approximate surface area is 133 Å². The quantitative estimate of drug-likeness (QED) is 0.842. The summed E-state index contributed by atoms with van der Waals surface area (Å²) >= 11 is 0. The second-order valence-corrected chi connectivity index (χ2v) is 5.91. The molecular weight excluding hydrogens is 309 g/mol. The molecule has 0 aliphatic heterocycles. The minimum Gasteiger partial charge on any atom is -0.367 e. The molecular formula is C16H21F3N2O2. The van der Waals surface area contributed by atoms with E-state index in [1.54, 1.807) is 24.3 Å². The van der Waals surface area contributed by atoms with E-state index >= 15 is 0 Å². The predicted octanol–water partition coefficient (Wildman–Crippen LogP) is 2.51. The molecule has 3 N–H and O–H groups in total. The Hall–Kier alpha value is -1.60. The molecule has 128 valence electrons. The molecule has 2 unspecified atom stereocenters. The Morgan fingerprint density at radius 3 is 2.43 bits per heavy atom. The fourth-order valence-corrected chi connectivity index (χ4v) is 2.63. The first kappa shape index (κ1) is 17.7. The summed E-state index contributed by atoms with van der Waals surface area (Å²) in [6.07, 6.45) is -1.89. The van der Waals surface area contributed by atoms with Gasteiger partial charge in [-0.15, -0.1) is 0 Å². The van der Waals surface area contributed by atoms with Crippen LogP contribution in [-0.2, 0) is 22.7 Å². The van der Waals surface area contributed by atoms with Crippen molar-refractivity contribution in [3.8, 4) is 0 Å². The SMILES string of the molecule is NC1CCC(C(=O)NCc2ccc(COCC(F)(F)F)cc2)C1. The van der Waals surface area contributed by atoms with Crippen molar-refractivity contribution in [2.45, 2.75) is 44.6 Å².